The predicted molar refractivity (Wildman–Crippen MR) is 114 cm³/mol. The van der Waals surface area contributed by atoms with E-state index in [4.69, 9.17) is 9.47 Å². The summed E-state index contributed by atoms with van der Waals surface area (Å²) < 4.78 is 11.0. The van der Waals surface area contributed by atoms with E-state index in [-0.39, 0.29) is 35.6 Å². The minimum atomic E-state index is 0. The molecule has 6 nitrogen and oxygen atoms in total. The highest BCUT2D eigenvalue weighted by Gasteiger charge is 2.34. The summed E-state index contributed by atoms with van der Waals surface area (Å²) in [6.45, 7) is 4.04. The summed E-state index contributed by atoms with van der Waals surface area (Å²) in [5, 5.41) is 3.66. The maximum Gasteiger partial charge on any atom is 0.193 e. The molecule has 0 aromatic carbocycles. The van der Waals surface area contributed by atoms with Crippen LogP contribution >= 0.6 is 24.0 Å². The first kappa shape index (κ1) is 22.9. The van der Waals surface area contributed by atoms with Crippen LogP contribution in [0.25, 0.3) is 0 Å². The van der Waals surface area contributed by atoms with Gasteiger partial charge in [0.25, 0.3) is 0 Å². The summed E-state index contributed by atoms with van der Waals surface area (Å²) in [5.74, 6) is 0.991. The molecule has 1 saturated carbocycles. The lowest BCUT2D eigenvalue weighted by Gasteiger charge is -2.41. The van der Waals surface area contributed by atoms with Gasteiger partial charge in [-0.3, -0.25) is 4.99 Å². The number of hydrogen-bond donors (Lipinski definition) is 1. The third-order valence-corrected chi connectivity index (χ3v) is 5.56. The standard InChI is InChI=1S/C18H36N4O2.HI/c1-19-17(22-11-12-24-16(13-22)14-23-4)20-15-18(21(2)3)9-7-5-6-8-10-18;/h16H,5-15H2,1-4H3,(H,19,20);1H. The molecular weight excluding hydrogens is 431 g/mol. The van der Waals surface area contributed by atoms with E-state index < -0.39 is 0 Å². The summed E-state index contributed by atoms with van der Waals surface area (Å²) in [7, 11) is 8.04. The number of nitrogens with one attached hydrogen (secondary N) is 1. The van der Waals surface area contributed by atoms with Crippen molar-refractivity contribution >= 4 is 29.9 Å². The van der Waals surface area contributed by atoms with Crippen LogP contribution in [-0.2, 0) is 9.47 Å². The predicted octanol–water partition coefficient (Wildman–Crippen LogP) is 2.18. The van der Waals surface area contributed by atoms with Crippen molar-refractivity contribution in [3.8, 4) is 0 Å². The minimum absolute atomic E-state index is 0. The van der Waals surface area contributed by atoms with Gasteiger partial charge in [-0.1, -0.05) is 25.7 Å². The SMILES string of the molecule is CN=C(NCC1(N(C)C)CCCCCC1)N1CCOC(COC)C1.I. The Bertz CT molecular complexity index is 397. The Morgan fingerprint density at radius 2 is 1.96 bits per heavy atom. The van der Waals surface area contributed by atoms with Crippen LogP contribution in [0.15, 0.2) is 4.99 Å². The molecule has 1 saturated heterocycles. The Balaban J connectivity index is 0.00000312. The minimum Gasteiger partial charge on any atom is -0.382 e. The average molecular weight is 468 g/mol. The Kier molecular flexibility index (Phi) is 10.6. The summed E-state index contributed by atoms with van der Waals surface area (Å²) in [6, 6.07) is 0. The van der Waals surface area contributed by atoms with Gasteiger partial charge < -0.3 is 24.6 Å². The van der Waals surface area contributed by atoms with Gasteiger partial charge >= 0.3 is 0 Å². The highest BCUT2D eigenvalue weighted by atomic mass is 127. The Labute approximate surface area is 170 Å². The molecule has 1 unspecified atom stereocenters. The lowest BCUT2D eigenvalue weighted by atomic mass is 9.88. The summed E-state index contributed by atoms with van der Waals surface area (Å²) in [4.78, 5) is 9.24. The molecule has 1 aliphatic carbocycles. The molecular formula is C18H37IN4O2. The lowest BCUT2D eigenvalue weighted by molar-refractivity contribution is -0.0448. The number of guanidine groups is 1. The van der Waals surface area contributed by atoms with Gasteiger partial charge in [-0.25, -0.2) is 0 Å². The summed E-state index contributed by atoms with van der Waals surface area (Å²) >= 11 is 0. The summed E-state index contributed by atoms with van der Waals surface area (Å²) in [6.07, 6.45) is 8.04. The fourth-order valence-electron chi connectivity index (χ4n) is 3.94. The molecule has 0 aromatic rings. The monoisotopic (exact) mass is 468 g/mol. The van der Waals surface area contributed by atoms with E-state index in [0.29, 0.717) is 6.61 Å². The Morgan fingerprint density at radius 3 is 2.52 bits per heavy atom. The van der Waals surface area contributed by atoms with E-state index in [2.05, 4.69) is 34.2 Å². The van der Waals surface area contributed by atoms with E-state index in [0.717, 1.165) is 32.2 Å². The number of ether oxygens (including phenoxy) is 2. The van der Waals surface area contributed by atoms with Crippen molar-refractivity contribution in [2.75, 3.05) is 61.1 Å². The van der Waals surface area contributed by atoms with Crippen LogP contribution in [0.1, 0.15) is 38.5 Å². The quantitative estimate of drug-likeness (QED) is 0.290. The molecule has 2 fully saturated rings. The molecule has 2 rings (SSSR count). The maximum atomic E-state index is 5.75. The van der Waals surface area contributed by atoms with Crippen molar-refractivity contribution in [2.24, 2.45) is 4.99 Å². The van der Waals surface area contributed by atoms with E-state index >= 15 is 0 Å². The second-order valence-electron chi connectivity index (χ2n) is 7.33. The molecule has 0 aromatic heterocycles. The second-order valence-corrected chi connectivity index (χ2v) is 7.33. The molecule has 2 aliphatic rings. The smallest absolute Gasteiger partial charge is 0.193 e. The van der Waals surface area contributed by atoms with Crippen molar-refractivity contribution in [1.82, 2.24) is 15.1 Å². The number of likely N-dealkylation sites (N-methyl/N-ethyl adjacent to an activating group) is 1. The molecule has 1 N–H and O–H groups in total. The van der Waals surface area contributed by atoms with Gasteiger partial charge in [-0.15, -0.1) is 24.0 Å². The average Bonchev–Trinajstić information content (AvgIpc) is 2.83. The van der Waals surface area contributed by atoms with Crippen molar-refractivity contribution < 1.29 is 9.47 Å². The fourth-order valence-corrected chi connectivity index (χ4v) is 3.94. The first-order chi connectivity index (χ1) is 11.6. The molecule has 148 valence electrons. The van der Waals surface area contributed by atoms with Crippen LogP contribution in [0, 0.1) is 0 Å². The topological polar surface area (TPSA) is 49.3 Å². The normalized spacial score (nSPS) is 24.6. The molecule has 1 atom stereocenters. The zero-order valence-corrected chi connectivity index (χ0v) is 18.8. The van der Waals surface area contributed by atoms with Crippen LogP contribution in [0.4, 0.5) is 0 Å². The second kappa shape index (κ2) is 11.6. The lowest BCUT2D eigenvalue weighted by Crippen LogP contribution is -2.57. The van der Waals surface area contributed by atoms with Gasteiger partial charge in [0.15, 0.2) is 5.96 Å². The number of aliphatic imine (C=N–C) groups is 1. The maximum absolute atomic E-state index is 5.75. The Hall–Kier alpha value is -0.120. The van der Waals surface area contributed by atoms with Gasteiger partial charge in [0, 0.05) is 39.3 Å². The molecule has 1 heterocycles. The number of rotatable bonds is 5. The molecule has 1 aliphatic heterocycles. The van der Waals surface area contributed by atoms with Gasteiger partial charge in [0.05, 0.1) is 19.3 Å². The number of hydrogen-bond acceptors (Lipinski definition) is 4. The van der Waals surface area contributed by atoms with Crippen molar-refractivity contribution in [1.29, 1.82) is 0 Å². The number of halogens is 1. The number of methoxy groups -OCH3 is 1. The Morgan fingerprint density at radius 1 is 1.28 bits per heavy atom. The zero-order chi connectivity index (χ0) is 17.4. The van der Waals surface area contributed by atoms with Gasteiger partial charge in [0.1, 0.15) is 0 Å². The molecule has 25 heavy (non-hydrogen) atoms. The zero-order valence-electron chi connectivity index (χ0n) is 16.4. The van der Waals surface area contributed by atoms with E-state index in [9.17, 15) is 0 Å². The van der Waals surface area contributed by atoms with Crippen LogP contribution in [0.5, 0.6) is 0 Å². The molecule has 0 amide bonds. The third-order valence-electron chi connectivity index (χ3n) is 5.56. The number of morpholine rings is 1. The summed E-state index contributed by atoms with van der Waals surface area (Å²) in [5.41, 5.74) is 0.241. The first-order valence-corrected chi connectivity index (χ1v) is 9.35. The fraction of sp³-hybridized carbons (Fsp3) is 0.944. The van der Waals surface area contributed by atoms with Gasteiger partial charge in [-0.2, -0.15) is 0 Å². The van der Waals surface area contributed by atoms with E-state index in [1.807, 2.05) is 7.05 Å². The molecule has 7 heteroatoms. The van der Waals surface area contributed by atoms with Crippen LogP contribution in [-0.4, -0.2) is 88.5 Å². The van der Waals surface area contributed by atoms with Crippen LogP contribution < -0.4 is 5.32 Å². The third kappa shape index (κ3) is 6.52. The van der Waals surface area contributed by atoms with Crippen molar-refractivity contribution in [3.63, 3.8) is 0 Å². The molecule has 0 radical (unpaired) electrons. The van der Waals surface area contributed by atoms with Crippen molar-refractivity contribution in [3.05, 3.63) is 0 Å². The van der Waals surface area contributed by atoms with Crippen molar-refractivity contribution in [2.45, 2.75) is 50.2 Å². The largest absolute Gasteiger partial charge is 0.382 e. The van der Waals surface area contributed by atoms with E-state index in [1.54, 1.807) is 7.11 Å². The van der Waals surface area contributed by atoms with Crippen LogP contribution in [0.2, 0.25) is 0 Å². The highest BCUT2D eigenvalue weighted by Crippen LogP contribution is 2.30. The van der Waals surface area contributed by atoms with Gasteiger partial charge in [-0.05, 0) is 26.9 Å². The molecule has 0 spiro atoms. The van der Waals surface area contributed by atoms with Gasteiger partial charge in [0.2, 0.25) is 0 Å². The molecule has 0 bridgehead atoms. The highest BCUT2D eigenvalue weighted by molar-refractivity contribution is 14.0. The van der Waals surface area contributed by atoms with E-state index in [1.165, 1.54) is 38.5 Å². The first-order valence-electron chi connectivity index (χ1n) is 9.35. The number of nitrogens with zero attached hydrogens (tertiary/aromatic N) is 3. The van der Waals surface area contributed by atoms with Crippen LogP contribution in [0.3, 0.4) is 0 Å².